The number of sulfonamides is 1. The number of nitrogens with zero attached hydrogens (tertiary/aromatic N) is 4. The summed E-state index contributed by atoms with van der Waals surface area (Å²) < 4.78 is 28.5. The topological polar surface area (TPSA) is 73.8 Å². The summed E-state index contributed by atoms with van der Waals surface area (Å²) in [4.78, 5) is 23.4. The fraction of sp³-hybridized carbons (Fsp3) is 0.259. The number of benzene rings is 3. The van der Waals surface area contributed by atoms with Gasteiger partial charge in [-0.25, -0.2) is 13.4 Å². The molecule has 1 aromatic heterocycles. The van der Waals surface area contributed by atoms with Crippen molar-refractivity contribution < 1.29 is 13.2 Å². The van der Waals surface area contributed by atoms with Gasteiger partial charge in [-0.05, 0) is 54.3 Å². The molecule has 0 N–H and O–H groups in total. The minimum atomic E-state index is -3.66. The van der Waals surface area contributed by atoms with Crippen molar-refractivity contribution in [3.8, 4) is 0 Å². The molecule has 2 heterocycles. The number of piperazine rings is 1. The molecule has 0 spiro atoms. The number of hydrogen-bond donors (Lipinski definition) is 0. The lowest BCUT2D eigenvalue weighted by Crippen LogP contribution is -2.48. The van der Waals surface area contributed by atoms with Crippen LogP contribution in [0.3, 0.4) is 0 Å². The fourth-order valence-corrected chi connectivity index (χ4v) is 7.04. The third-order valence-electron chi connectivity index (χ3n) is 6.48. The molecule has 4 aromatic rings. The van der Waals surface area contributed by atoms with Crippen LogP contribution in [0.15, 0.2) is 82.6 Å². The SMILES string of the molecule is CSc1ccc2nc(N3CCN(C(=O)c4ccc(S(=O)(=O)N(C)Cc5ccccc5)cc4)CC3)sc2c1. The number of aromatic nitrogens is 1. The van der Waals surface area contributed by atoms with E-state index in [-0.39, 0.29) is 17.3 Å². The van der Waals surface area contributed by atoms with Gasteiger partial charge in [0.1, 0.15) is 0 Å². The van der Waals surface area contributed by atoms with Crippen LogP contribution in [-0.2, 0) is 16.6 Å². The minimum absolute atomic E-state index is 0.0878. The average Bonchev–Trinajstić information content (AvgIpc) is 3.37. The highest BCUT2D eigenvalue weighted by atomic mass is 32.2. The number of carbonyl (C=O) groups excluding carboxylic acids is 1. The molecular weight excluding hydrogens is 525 g/mol. The molecule has 1 amide bonds. The lowest BCUT2D eigenvalue weighted by atomic mass is 10.2. The summed E-state index contributed by atoms with van der Waals surface area (Å²) >= 11 is 3.40. The second-order valence-corrected chi connectivity index (χ2v) is 12.8. The minimum Gasteiger partial charge on any atom is -0.345 e. The van der Waals surface area contributed by atoms with Gasteiger partial charge in [-0.2, -0.15) is 4.31 Å². The Labute approximate surface area is 225 Å². The Balaban J connectivity index is 1.21. The second-order valence-electron chi connectivity index (χ2n) is 8.88. The Hall–Kier alpha value is -2.92. The van der Waals surface area contributed by atoms with Crippen LogP contribution in [0.5, 0.6) is 0 Å². The van der Waals surface area contributed by atoms with Crippen LogP contribution in [0.25, 0.3) is 10.2 Å². The number of carbonyl (C=O) groups is 1. The Kier molecular flexibility index (Phi) is 7.52. The Morgan fingerprint density at radius 2 is 1.70 bits per heavy atom. The maximum absolute atomic E-state index is 13.1. The molecule has 1 aliphatic rings. The Morgan fingerprint density at radius 1 is 1.00 bits per heavy atom. The van der Waals surface area contributed by atoms with Crippen LogP contribution in [0.1, 0.15) is 15.9 Å². The molecule has 1 fully saturated rings. The monoisotopic (exact) mass is 552 g/mol. The van der Waals surface area contributed by atoms with Gasteiger partial charge in [0.25, 0.3) is 5.91 Å². The van der Waals surface area contributed by atoms with Crippen LogP contribution in [-0.4, -0.2) is 68.0 Å². The number of thioether (sulfide) groups is 1. The van der Waals surface area contributed by atoms with Crippen molar-refractivity contribution in [2.24, 2.45) is 0 Å². The molecule has 0 bridgehead atoms. The van der Waals surface area contributed by atoms with Gasteiger partial charge in [0.05, 0.1) is 15.1 Å². The van der Waals surface area contributed by atoms with Crippen molar-refractivity contribution in [3.05, 3.63) is 83.9 Å². The predicted octanol–water partition coefficient (Wildman–Crippen LogP) is 4.80. The molecule has 1 saturated heterocycles. The van der Waals surface area contributed by atoms with Gasteiger partial charge in [-0.3, -0.25) is 4.79 Å². The van der Waals surface area contributed by atoms with Crippen LogP contribution in [0, 0.1) is 0 Å². The third-order valence-corrected chi connectivity index (χ3v) is 10.1. The lowest BCUT2D eigenvalue weighted by Gasteiger charge is -2.34. The van der Waals surface area contributed by atoms with E-state index in [1.54, 1.807) is 42.3 Å². The first-order valence-corrected chi connectivity index (χ1v) is 15.4. The molecule has 37 heavy (non-hydrogen) atoms. The molecule has 10 heteroatoms. The van der Waals surface area contributed by atoms with Crippen molar-refractivity contribution >= 4 is 54.4 Å². The number of anilines is 1. The quantitative estimate of drug-likeness (QED) is 0.307. The normalized spacial score (nSPS) is 14.5. The molecule has 0 radical (unpaired) electrons. The summed E-state index contributed by atoms with van der Waals surface area (Å²) in [5, 5.41) is 0.981. The standard InChI is InChI=1S/C27H28N4O3S3/c1-29(19-20-6-4-3-5-7-20)37(33,34)23-11-8-21(9-12-23)26(32)30-14-16-31(17-15-30)27-28-24-13-10-22(35-2)18-25(24)36-27/h3-13,18H,14-17,19H2,1-2H3. The van der Waals surface area contributed by atoms with E-state index in [2.05, 4.69) is 29.4 Å². The van der Waals surface area contributed by atoms with E-state index in [4.69, 9.17) is 4.98 Å². The largest absolute Gasteiger partial charge is 0.345 e. The maximum atomic E-state index is 13.1. The molecule has 5 rings (SSSR count). The first-order valence-electron chi connectivity index (χ1n) is 11.9. The van der Waals surface area contributed by atoms with Crippen LogP contribution >= 0.6 is 23.1 Å². The highest BCUT2D eigenvalue weighted by molar-refractivity contribution is 7.98. The van der Waals surface area contributed by atoms with Crippen molar-refractivity contribution in [1.82, 2.24) is 14.2 Å². The average molecular weight is 553 g/mol. The van der Waals surface area contributed by atoms with E-state index < -0.39 is 10.0 Å². The van der Waals surface area contributed by atoms with Gasteiger partial charge >= 0.3 is 0 Å². The number of hydrogen-bond acceptors (Lipinski definition) is 7. The lowest BCUT2D eigenvalue weighted by molar-refractivity contribution is 0.0746. The van der Waals surface area contributed by atoms with Gasteiger partial charge in [0.2, 0.25) is 10.0 Å². The summed E-state index contributed by atoms with van der Waals surface area (Å²) in [5.41, 5.74) is 2.40. The zero-order chi connectivity index (χ0) is 26.0. The zero-order valence-corrected chi connectivity index (χ0v) is 23.2. The Bertz CT molecular complexity index is 1500. The second kappa shape index (κ2) is 10.8. The molecule has 0 saturated carbocycles. The van der Waals surface area contributed by atoms with Gasteiger partial charge < -0.3 is 9.80 Å². The van der Waals surface area contributed by atoms with Crippen molar-refractivity contribution in [2.45, 2.75) is 16.3 Å². The highest BCUT2D eigenvalue weighted by Crippen LogP contribution is 2.32. The summed E-state index contributed by atoms with van der Waals surface area (Å²) in [5.74, 6) is -0.0878. The third kappa shape index (κ3) is 5.52. The number of thiazole rings is 1. The highest BCUT2D eigenvalue weighted by Gasteiger charge is 2.25. The maximum Gasteiger partial charge on any atom is 0.253 e. The molecule has 3 aromatic carbocycles. The molecule has 7 nitrogen and oxygen atoms in total. The van der Waals surface area contributed by atoms with E-state index in [0.29, 0.717) is 31.7 Å². The van der Waals surface area contributed by atoms with E-state index in [9.17, 15) is 13.2 Å². The summed E-state index contributed by atoms with van der Waals surface area (Å²) in [6.45, 7) is 2.87. The van der Waals surface area contributed by atoms with Gasteiger partial charge in [0, 0.05) is 50.2 Å². The Morgan fingerprint density at radius 3 is 2.38 bits per heavy atom. The smallest absolute Gasteiger partial charge is 0.253 e. The van der Waals surface area contributed by atoms with E-state index in [0.717, 1.165) is 16.2 Å². The molecule has 192 valence electrons. The van der Waals surface area contributed by atoms with Crippen LogP contribution in [0.4, 0.5) is 5.13 Å². The van der Waals surface area contributed by atoms with Crippen LogP contribution < -0.4 is 4.90 Å². The predicted molar refractivity (Wildman–Crippen MR) is 151 cm³/mol. The zero-order valence-electron chi connectivity index (χ0n) is 20.7. The van der Waals surface area contributed by atoms with E-state index >= 15 is 0 Å². The molecule has 0 atom stereocenters. The van der Waals surface area contributed by atoms with Gasteiger partial charge in [0.15, 0.2) is 5.13 Å². The van der Waals surface area contributed by atoms with Crippen molar-refractivity contribution in [3.63, 3.8) is 0 Å². The molecule has 0 aliphatic carbocycles. The summed E-state index contributed by atoms with van der Waals surface area (Å²) in [7, 11) is -2.10. The fourth-order valence-electron chi connectivity index (χ4n) is 4.31. The summed E-state index contributed by atoms with van der Waals surface area (Å²) in [6.07, 6.45) is 2.07. The van der Waals surface area contributed by atoms with Gasteiger partial charge in [-0.15, -0.1) is 11.8 Å². The van der Waals surface area contributed by atoms with E-state index in [1.165, 1.54) is 26.0 Å². The number of amides is 1. The van der Waals surface area contributed by atoms with Crippen molar-refractivity contribution in [1.29, 1.82) is 0 Å². The number of fused-ring (bicyclic) bond motifs is 1. The van der Waals surface area contributed by atoms with Gasteiger partial charge in [-0.1, -0.05) is 41.7 Å². The molecular formula is C27H28N4O3S3. The summed E-state index contributed by atoms with van der Waals surface area (Å²) in [6, 6.07) is 22.0. The van der Waals surface area contributed by atoms with Crippen LogP contribution in [0.2, 0.25) is 0 Å². The van der Waals surface area contributed by atoms with Crippen molar-refractivity contribution in [2.75, 3.05) is 44.4 Å². The molecule has 1 aliphatic heterocycles. The number of rotatable bonds is 7. The molecule has 0 unspecified atom stereocenters. The first-order chi connectivity index (χ1) is 17.8. The van der Waals surface area contributed by atoms with E-state index in [1.807, 2.05) is 35.2 Å². The first kappa shape index (κ1) is 25.7.